The van der Waals surface area contributed by atoms with E-state index in [1.54, 1.807) is 24.3 Å². The summed E-state index contributed by atoms with van der Waals surface area (Å²) in [7, 11) is 0. The smallest absolute Gasteiger partial charge is 0.416 e. The lowest BCUT2D eigenvalue weighted by atomic mass is 10.1. The molecular weight excluding hydrogens is 419 g/mol. The maximum absolute atomic E-state index is 13.0. The average Bonchev–Trinajstić information content (AvgIpc) is 2.77. The number of aromatic nitrogens is 1. The third kappa shape index (κ3) is 4.88. The normalized spacial score (nSPS) is 11.4. The molecule has 0 spiro atoms. The van der Waals surface area contributed by atoms with E-state index in [0.717, 1.165) is 17.7 Å². The highest BCUT2D eigenvalue weighted by molar-refractivity contribution is 5.98. The molecule has 0 saturated carbocycles. The van der Waals surface area contributed by atoms with Crippen molar-refractivity contribution in [2.45, 2.75) is 19.7 Å². The van der Waals surface area contributed by atoms with E-state index in [1.165, 1.54) is 19.1 Å². The Bertz CT molecular complexity index is 1270. The second-order valence-electron chi connectivity index (χ2n) is 7.15. The third-order valence-corrected chi connectivity index (χ3v) is 4.72. The van der Waals surface area contributed by atoms with Crippen LogP contribution < -0.4 is 9.47 Å². The van der Waals surface area contributed by atoms with Crippen molar-refractivity contribution in [1.82, 2.24) is 4.98 Å². The van der Waals surface area contributed by atoms with Crippen LogP contribution in [0.4, 0.5) is 13.2 Å². The van der Waals surface area contributed by atoms with Crippen LogP contribution in [0, 0.1) is 0 Å². The van der Waals surface area contributed by atoms with Crippen molar-refractivity contribution in [3.63, 3.8) is 0 Å². The minimum absolute atomic E-state index is 0.0630. The van der Waals surface area contributed by atoms with E-state index in [1.807, 2.05) is 30.3 Å². The molecule has 7 heteroatoms. The molecule has 0 aliphatic rings. The Kier molecular flexibility index (Phi) is 5.81. The van der Waals surface area contributed by atoms with Crippen LogP contribution >= 0.6 is 0 Å². The van der Waals surface area contributed by atoms with E-state index in [-0.39, 0.29) is 23.8 Å². The van der Waals surface area contributed by atoms with Crippen LogP contribution in [0.1, 0.15) is 28.5 Å². The lowest BCUT2D eigenvalue weighted by Gasteiger charge is -2.13. The van der Waals surface area contributed by atoms with Crippen molar-refractivity contribution >= 4 is 16.7 Å². The van der Waals surface area contributed by atoms with Gasteiger partial charge >= 0.3 is 6.18 Å². The second-order valence-corrected chi connectivity index (χ2v) is 7.15. The molecule has 1 heterocycles. The van der Waals surface area contributed by atoms with E-state index in [4.69, 9.17) is 9.47 Å². The van der Waals surface area contributed by atoms with E-state index >= 15 is 0 Å². The van der Waals surface area contributed by atoms with Crippen LogP contribution in [0.15, 0.2) is 78.9 Å². The molecule has 4 nitrogen and oxygen atoms in total. The Hall–Kier alpha value is -3.87. The van der Waals surface area contributed by atoms with Crippen LogP contribution in [0.5, 0.6) is 17.2 Å². The fraction of sp³-hybridized carbons (Fsp3) is 0.120. The predicted octanol–water partition coefficient (Wildman–Crippen LogP) is 6.83. The molecule has 162 valence electrons. The lowest BCUT2D eigenvalue weighted by Crippen LogP contribution is -2.05. The zero-order valence-corrected chi connectivity index (χ0v) is 17.0. The molecule has 0 N–H and O–H groups in total. The van der Waals surface area contributed by atoms with Gasteiger partial charge in [-0.05, 0) is 48.0 Å². The SMILES string of the molecule is CC(=O)c1nc2ccc(Oc3cccc(C(F)(F)F)c3)cc2cc1OCc1ccccc1. The molecule has 0 atom stereocenters. The highest BCUT2D eigenvalue weighted by Crippen LogP contribution is 2.34. The Labute approximate surface area is 182 Å². The molecule has 4 aromatic rings. The molecule has 0 aliphatic heterocycles. The van der Waals surface area contributed by atoms with Gasteiger partial charge in [-0.25, -0.2) is 4.98 Å². The van der Waals surface area contributed by atoms with Gasteiger partial charge < -0.3 is 9.47 Å². The Morgan fingerprint density at radius 2 is 1.66 bits per heavy atom. The van der Waals surface area contributed by atoms with Crippen molar-refractivity contribution in [2.24, 2.45) is 0 Å². The molecule has 0 unspecified atom stereocenters. The van der Waals surface area contributed by atoms with Crippen LogP contribution in [0.2, 0.25) is 0 Å². The quantitative estimate of drug-likeness (QED) is 0.310. The third-order valence-electron chi connectivity index (χ3n) is 4.72. The molecule has 1 aromatic heterocycles. The number of rotatable bonds is 6. The largest absolute Gasteiger partial charge is 0.486 e. The molecule has 32 heavy (non-hydrogen) atoms. The highest BCUT2D eigenvalue weighted by Gasteiger charge is 2.30. The van der Waals surface area contributed by atoms with Crippen LogP contribution in [0.25, 0.3) is 10.9 Å². The van der Waals surface area contributed by atoms with Gasteiger partial charge in [0.25, 0.3) is 0 Å². The van der Waals surface area contributed by atoms with E-state index in [9.17, 15) is 18.0 Å². The fourth-order valence-corrected chi connectivity index (χ4v) is 3.17. The van der Waals surface area contributed by atoms with Crippen molar-refractivity contribution in [1.29, 1.82) is 0 Å². The van der Waals surface area contributed by atoms with Crippen molar-refractivity contribution in [2.75, 3.05) is 0 Å². The number of hydrogen-bond acceptors (Lipinski definition) is 4. The zero-order valence-electron chi connectivity index (χ0n) is 17.0. The summed E-state index contributed by atoms with van der Waals surface area (Å²) >= 11 is 0. The van der Waals surface area contributed by atoms with Crippen molar-refractivity contribution in [3.05, 3.63) is 95.7 Å². The van der Waals surface area contributed by atoms with E-state index in [0.29, 0.717) is 22.4 Å². The summed E-state index contributed by atoms with van der Waals surface area (Å²) in [4.78, 5) is 16.5. The van der Waals surface area contributed by atoms with Crippen LogP contribution in [-0.2, 0) is 12.8 Å². The van der Waals surface area contributed by atoms with Gasteiger partial charge in [-0.15, -0.1) is 0 Å². The molecule has 0 radical (unpaired) electrons. The van der Waals surface area contributed by atoms with Gasteiger partial charge in [0, 0.05) is 12.3 Å². The number of pyridine rings is 1. The maximum Gasteiger partial charge on any atom is 0.416 e. The summed E-state index contributed by atoms with van der Waals surface area (Å²) in [6, 6.07) is 20.7. The first-order valence-corrected chi connectivity index (χ1v) is 9.77. The summed E-state index contributed by atoms with van der Waals surface area (Å²) in [6.45, 7) is 1.67. The predicted molar refractivity (Wildman–Crippen MR) is 114 cm³/mol. The van der Waals surface area contributed by atoms with Crippen LogP contribution in [-0.4, -0.2) is 10.8 Å². The van der Waals surface area contributed by atoms with Gasteiger partial charge in [0.15, 0.2) is 5.78 Å². The molecule has 0 saturated heterocycles. The Morgan fingerprint density at radius 3 is 2.38 bits per heavy atom. The van der Waals surface area contributed by atoms with Gasteiger partial charge in [0.2, 0.25) is 0 Å². The van der Waals surface area contributed by atoms with Gasteiger partial charge in [-0.1, -0.05) is 36.4 Å². The number of benzene rings is 3. The second kappa shape index (κ2) is 8.70. The summed E-state index contributed by atoms with van der Waals surface area (Å²) in [5.74, 6) is 0.487. The summed E-state index contributed by atoms with van der Waals surface area (Å²) in [5, 5.41) is 0.627. The van der Waals surface area contributed by atoms with Gasteiger partial charge in [0.1, 0.15) is 29.5 Å². The molecule has 0 amide bonds. The first-order chi connectivity index (χ1) is 15.3. The first-order valence-electron chi connectivity index (χ1n) is 9.77. The molecule has 3 aromatic carbocycles. The number of ketones is 1. The van der Waals surface area contributed by atoms with E-state index in [2.05, 4.69) is 4.98 Å². The molecule has 0 fully saturated rings. The number of carbonyl (C=O) groups excluding carboxylic acids is 1. The molecule has 0 aliphatic carbocycles. The number of hydrogen-bond donors (Lipinski definition) is 0. The molecular formula is C25H18F3NO3. The standard InChI is InChI=1S/C25H18F3NO3/c1-16(30)24-23(31-15-17-6-3-2-4-7-17)13-18-12-21(10-11-22(18)29-24)32-20-9-5-8-19(14-20)25(26,27)28/h2-14H,15H2,1H3. The average molecular weight is 437 g/mol. The summed E-state index contributed by atoms with van der Waals surface area (Å²) < 4.78 is 50.3. The maximum atomic E-state index is 13.0. The number of carbonyl (C=O) groups is 1. The van der Waals surface area contributed by atoms with Crippen molar-refractivity contribution in [3.8, 4) is 17.2 Å². The van der Waals surface area contributed by atoms with Crippen LogP contribution in [0.3, 0.4) is 0 Å². The minimum Gasteiger partial charge on any atom is -0.486 e. The fourth-order valence-electron chi connectivity index (χ4n) is 3.17. The Morgan fingerprint density at radius 1 is 0.906 bits per heavy atom. The summed E-state index contributed by atoms with van der Waals surface area (Å²) in [5.41, 5.74) is 0.891. The topological polar surface area (TPSA) is 48.4 Å². The van der Waals surface area contributed by atoms with Gasteiger partial charge in [-0.2, -0.15) is 13.2 Å². The highest BCUT2D eigenvalue weighted by atomic mass is 19.4. The van der Waals surface area contributed by atoms with Gasteiger partial charge in [-0.3, -0.25) is 4.79 Å². The number of ether oxygens (including phenoxy) is 2. The number of alkyl halides is 3. The molecule has 0 bridgehead atoms. The Balaban J connectivity index is 1.64. The van der Waals surface area contributed by atoms with Crippen molar-refractivity contribution < 1.29 is 27.4 Å². The minimum atomic E-state index is -4.46. The number of Topliss-reactive ketones (excluding diaryl/α,β-unsaturated/α-hetero) is 1. The van der Waals surface area contributed by atoms with Gasteiger partial charge in [0.05, 0.1) is 11.1 Å². The van der Waals surface area contributed by atoms with E-state index < -0.39 is 11.7 Å². The number of nitrogens with zero attached hydrogens (tertiary/aromatic N) is 1. The molecule has 4 rings (SSSR count). The monoisotopic (exact) mass is 437 g/mol. The number of halogens is 3. The first kappa shape index (κ1) is 21.4. The lowest BCUT2D eigenvalue weighted by molar-refractivity contribution is -0.137. The summed E-state index contributed by atoms with van der Waals surface area (Å²) in [6.07, 6.45) is -4.46. The zero-order chi connectivity index (χ0) is 22.7. The number of fused-ring (bicyclic) bond motifs is 1.